The van der Waals surface area contributed by atoms with Gasteiger partial charge in [0, 0.05) is 23.5 Å². The number of pyridine rings is 1. The lowest BCUT2D eigenvalue weighted by atomic mass is 9.95. The molecule has 39 heavy (non-hydrogen) atoms. The molecule has 0 saturated heterocycles. The van der Waals surface area contributed by atoms with Gasteiger partial charge in [0.15, 0.2) is 6.04 Å². The van der Waals surface area contributed by atoms with E-state index in [-0.39, 0.29) is 24.4 Å². The zero-order valence-corrected chi connectivity index (χ0v) is 22.3. The fourth-order valence-electron chi connectivity index (χ4n) is 4.97. The molecular formula is C30H33N7O2. The molecule has 1 aliphatic carbocycles. The summed E-state index contributed by atoms with van der Waals surface area (Å²) in [7, 11) is 0. The number of rotatable bonds is 8. The number of nitrogens with one attached hydrogen (secondary N) is 1. The Morgan fingerprint density at radius 1 is 0.974 bits per heavy atom. The maximum Gasteiger partial charge on any atom is 0.251 e. The number of aryl methyl sites for hydroxylation is 2. The van der Waals surface area contributed by atoms with E-state index in [0.717, 1.165) is 42.4 Å². The average molecular weight is 524 g/mol. The molecule has 2 heterocycles. The number of hydrogen-bond acceptors (Lipinski definition) is 6. The number of anilines is 1. The topological polar surface area (TPSA) is 106 Å². The maximum atomic E-state index is 14.1. The lowest BCUT2D eigenvalue weighted by Gasteiger charge is -2.33. The largest absolute Gasteiger partial charge is 0.351 e. The highest BCUT2D eigenvalue weighted by Gasteiger charge is 2.35. The molecule has 1 atom stereocenters. The molecule has 0 radical (unpaired) electrons. The highest BCUT2D eigenvalue weighted by Crippen LogP contribution is 2.30. The van der Waals surface area contributed by atoms with E-state index in [1.54, 1.807) is 18.3 Å². The van der Waals surface area contributed by atoms with E-state index in [9.17, 15) is 9.59 Å². The Hall–Kier alpha value is -4.40. The number of hydrogen-bond donors (Lipinski definition) is 1. The Bertz CT molecular complexity index is 1420. The summed E-state index contributed by atoms with van der Waals surface area (Å²) in [4.78, 5) is 35.3. The van der Waals surface area contributed by atoms with Crippen LogP contribution >= 0.6 is 0 Å². The third-order valence-corrected chi connectivity index (χ3v) is 7.22. The van der Waals surface area contributed by atoms with E-state index in [0.29, 0.717) is 17.2 Å². The van der Waals surface area contributed by atoms with E-state index in [4.69, 9.17) is 0 Å². The summed E-state index contributed by atoms with van der Waals surface area (Å²) in [6.07, 6.45) is 6.86. The Morgan fingerprint density at radius 3 is 2.46 bits per heavy atom. The molecule has 0 unspecified atom stereocenters. The van der Waals surface area contributed by atoms with Crippen LogP contribution in [-0.4, -0.2) is 43.0 Å². The van der Waals surface area contributed by atoms with Gasteiger partial charge in [0.2, 0.25) is 11.7 Å². The molecule has 2 amide bonds. The van der Waals surface area contributed by atoms with Gasteiger partial charge in [-0.2, -0.15) is 4.80 Å². The third-order valence-electron chi connectivity index (χ3n) is 7.22. The van der Waals surface area contributed by atoms with Crippen LogP contribution in [0.2, 0.25) is 0 Å². The predicted molar refractivity (Wildman–Crippen MR) is 149 cm³/mol. The smallest absolute Gasteiger partial charge is 0.251 e. The van der Waals surface area contributed by atoms with Crippen LogP contribution in [0, 0.1) is 13.8 Å². The standard InChI is InChI=1S/C30H33N7O2/c1-21-16-17-25(19-22(21)2)37(27(38)20-36-34-29(33-35-36)23-11-5-3-6-12-23)28(26-15-9-10-18-31-26)30(39)32-24-13-7-4-8-14-24/h3,5-6,9-12,15-19,24,28H,4,7-8,13-14,20H2,1-2H3,(H,32,39)/t28-/m0/s1. The molecule has 200 valence electrons. The summed E-state index contributed by atoms with van der Waals surface area (Å²) in [6.45, 7) is 3.82. The lowest BCUT2D eigenvalue weighted by Crippen LogP contribution is -2.48. The number of benzene rings is 2. The molecule has 1 aliphatic rings. The van der Waals surface area contributed by atoms with Crippen molar-refractivity contribution in [2.45, 2.75) is 64.6 Å². The van der Waals surface area contributed by atoms with Crippen molar-refractivity contribution < 1.29 is 9.59 Å². The minimum atomic E-state index is -0.958. The van der Waals surface area contributed by atoms with Crippen LogP contribution in [0.25, 0.3) is 11.4 Å². The van der Waals surface area contributed by atoms with Crippen LogP contribution in [0.4, 0.5) is 5.69 Å². The number of amides is 2. The van der Waals surface area contributed by atoms with Crippen molar-refractivity contribution in [2.75, 3.05) is 4.90 Å². The van der Waals surface area contributed by atoms with Gasteiger partial charge >= 0.3 is 0 Å². The van der Waals surface area contributed by atoms with Crippen LogP contribution in [0.3, 0.4) is 0 Å². The molecule has 0 spiro atoms. The lowest BCUT2D eigenvalue weighted by molar-refractivity contribution is -0.127. The van der Waals surface area contributed by atoms with E-state index >= 15 is 0 Å². The summed E-state index contributed by atoms with van der Waals surface area (Å²) in [5, 5.41) is 15.9. The molecule has 4 aromatic rings. The van der Waals surface area contributed by atoms with Gasteiger partial charge in [-0.3, -0.25) is 19.5 Å². The second-order valence-electron chi connectivity index (χ2n) is 10.0. The second-order valence-corrected chi connectivity index (χ2v) is 10.0. The van der Waals surface area contributed by atoms with E-state index < -0.39 is 6.04 Å². The van der Waals surface area contributed by atoms with Crippen LogP contribution in [0.5, 0.6) is 0 Å². The quantitative estimate of drug-likeness (QED) is 0.363. The molecule has 9 nitrogen and oxygen atoms in total. The van der Waals surface area contributed by atoms with E-state index in [1.807, 2.05) is 68.4 Å². The first-order valence-corrected chi connectivity index (χ1v) is 13.4. The van der Waals surface area contributed by atoms with Crippen molar-refractivity contribution >= 4 is 17.5 Å². The van der Waals surface area contributed by atoms with Crippen molar-refractivity contribution in [2.24, 2.45) is 0 Å². The summed E-state index contributed by atoms with van der Waals surface area (Å²) in [5.74, 6) is -0.161. The van der Waals surface area contributed by atoms with Gasteiger partial charge in [-0.25, -0.2) is 0 Å². The number of tetrazole rings is 1. The fraction of sp³-hybridized carbons (Fsp3) is 0.333. The van der Waals surface area contributed by atoms with Crippen molar-refractivity contribution in [3.05, 3.63) is 89.7 Å². The van der Waals surface area contributed by atoms with Crippen LogP contribution in [0.1, 0.15) is 55.0 Å². The highest BCUT2D eigenvalue weighted by atomic mass is 16.2. The van der Waals surface area contributed by atoms with Crippen molar-refractivity contribution in [3.8, 4) is 11.4 Å². The second kappa shape index (κ2) is 12.0. The number of carbonyl (C=O) groups excluding carboxylic acids is 2. The zero-order valence-electron chi connectivity index (χ0n) is 22.3. The van der Waals surface area contributed by atoms with Crippen LogP contribution in [0.15, 0.2) is 72.9 Å². The Morgan fingerprint density at radius 2 is 1.74 bits per heavy atom. The maximum absolute atomic E-state index is 14.1. The summed E-state index contributed by atoms with van der Waals surface area (Å²) < 4.78 is 0. The number of aromatic nitrogens is 5. The first-order chi connectivity index (χ1) is 19.0. The Labute approximate surface area is 228 Å². The third kappa shape index (κ3) is 6.19. The summed E-state index contributed by atoms with van der Waals surface area (Å²) in [5.41, 5.74) is 4.02. The minimum absolute atomic E-state index is 0.0829. The van der Waals surface area contributed by atoms with E-state index in [1.165, 1.54) is 16.1 Å². The molecule has 0 aliphatic heterocycles. The molecule has 2 aromatic heterocycles. The van der Waals surface area contributed by atoms with Gasteiger partial charge in [-0.05, 0) is 67.3 Å². The Kier molecular flexibility index (Phi) is 8.05. The zero-order chi connectivity index (χ0) is 27.2. The predicted octanol–water partition coefficient (Wildman–Crippen LogP) is 4.58. The SMILES string of the molecule is Cc1ccc(N(C(=O)Cn2nnc(-c3ccccc3)n2)[C@H](C(=O)NC2CCCCC2)c2ccccn2)cc1C. The van der Waals surface area contributed by atoms with Gasteiger partial charge < -0.3 is 5.32 Å². The highest BCUT2D eigenvalue weighted by molar-refractivity contribution is 6.01. The van der Waals surface area contributed by atoms with Gasteiger partial charge in [0.25, 0.3) is 5.91 Å². The molecule has 1 fully saturated rings. The van der Waals surface area contributed by atoms with Crippen LogP contribution in [-0.2, 0) is 16.1 Å². The normalized spacial score (nSPS) is 14.5. The van der Waals surface area contributed by atoms with E-state index in [2.05, 4.69) is 25.7 Å². The minimum Gasteiger partial charge on any atom is -0.351 e. The van der Waals surface area contributed by atoms with Gasteiger partial charge in [-0.15, -0.1) is 10.2 Å². The molecule has 5 rings (SSSR count). The summed E-state index contributed by atoms with van der Waals surface area (Å²) >= 11 is 0. The van der Waals surface area contributed by atoms with Gasteiger partial charge in [0.1, 0.15) is 6.54 Å². The van der Waals surface area contributed by atoms with Gasteiger partial charge in [-0.1, -0.05) is 61.7 Å². The summed E-state index contributed by atoms with van der Waals surface area (Å²) in [6, 6.07) is 19.8. The van der Waals surface area contributed by atoms with Crippen molar-refractivity contribution in [3.63, 3.8) is 0 Å². The molecule has 1 N–H and O–H groups in total. The van der Waals surface area contributed by atoms with Crippen LogP contribution < -0.4 is 10.2 Å². The monoisotopic (exact) mass is 523 g/mol. The van der Waals surface area contributed by atoms with Crippen molar-refractivity contribution in [1.82, 2.24) is 30.5 Å². The molecule has 2 aromatic carbocycles. The van der Waals surface area contributed by atoms with Crippen molar-refractivity contribution in [1.29, 1.82) is 0 Å². The Balaban J connectivity index is 1.51. The molecule has 1 saturated carbocycles. The average Bonchev–Trinajstić information content (AvgIpc) is 3.43. The molecular weight excluding hydrogens is 490 g/mol. The number of nitrogens with zero attached hydrogens (tertiary/aromatic N) is 6. The van der Waals surface area contributed by atoms with Gasteiger partial charge in [0.05, 0.1) is 5.69 Å². The first-order valence-electron chi connectivity index (χ1n) is 13.4. The molecule has 9 heteroatoms. The number of carbonyl (C=O) groups is 2. The molecule has 0 bridgehead atoms. The first kappa shape index (κ1) is 26.2. The fourth-order valence-corrected chi connectivity index (χ4v) is 4.97.